The van der Waals surface area contributed by atoms with Gasteiger partial charge in [-0.25, -0.2) is 4.68 Å². The molecule has 7 nitrogen and oxygen atoms in total. The van der Waals surface area contributed by atoms with Gasteiger partial charge in [-0.3, -0.25) is 24.6 Å². The number of amides is 1. The fourth-order valence-corrected chi connectivity index (χ4v) is 3.58. The van der Waals surface area contributed by atoms with Crippen molar-refractivity contribution in [3.63, 3.8) is 0 Å². The molecule has 3 heterocycles. The molecule has 1 aromatic carbocycles. The third kappa shape index (κ3) is 4.20. The van der Waals surface area contributed by atoms with Gasteiger partial charge < -0.3 is 5.32 Å². The van der Waals surface area contributed by atoms with Crippen molar-refractivity contribution in [1.29, 1.82) is 0 Å². The molecule has 1 amide bonds. The second kappa shape index (κ2) is 8.22. The molecule has 0 radical (unpaired) electrons. The Hall–Kier alpha value is -3.19. The van der Waals surface area contributed by atoms with E-state index in [0.717, 1.165) is 38.2 Å². The number of hydrogen-bond donors (Lipinski definition) is 2. The number of nitrogens with zero attached hydrogens (tertiary/aromatic N) is 3. The van der Waals surface area contributed by atoms with Crippen molar-refractivity contribution >= 4 is 5.91 Å². The molecule has 1 saturated heterocycles. The number of aromatic amines is 1. The quantitative estimate of drug-likeness (QED) is 0.712. The largest absolute Gasteiger partial charge is 0.347 e. The lowest BCUT2D eigenvalue weighted by molar-refractivity contribution is 0.0895. The summed E-state index contributed by atoms with van der Waals surface area (Å²) >= 11 is 0. The number of hydrogen-bond acceptors (Lipinski definition) is 4. The number of carbonyl (C=O) groups is 1. The molecule has 28 heavy (non-hydrogen) atoms. The van der Waals surface area contributed by atoms with Gasteiger partial charge in [0.2, 0.25) is 0 Å². The van der Waals surface area contributed by atoms with Crippen LogP contribution in [0.5, 0.6) is 0 Å². The van der Waals surface area contributed by atoms with Crippen molar-refractivity contribution in [3.05, 3.63) is 82.5 Å². The Labute approximate surface area is 163 Å². The van der Waals surface area contributed by atoms with E-state index in [-0.39, 0.29) is 23.2 Å². The van der Waals surface area contributed by atoms with Crippen LogP contribution in [-0.4, -0.2) is 44.7 Å². The zero-order valence-electron chi connectivity index (χ0n) is 15.5. The molecule has 1 atom stereocenters. The fraction of sp³-hybridized carbons (Fsp3) is 0.286. The van der Waals surface area contributed by atoms with E-state index in [1.165, 1.54) is 10.7 Å². The maximum Gasteiger partial charge on any atom is 0.271 e. The van der Waals surface area contributed by atoms with Crippen molar-refractivity contribution < 1.29 is 4.79 Å². The highest BCUT2D eigenvalue weighted by Gasteiger charge is 2.23. The smallest absolute Gasteiger partial charge is 0.271 e. The maximum absolute atomic E-state index is 12.6. The number of carbonyl (C=O) groups excluding carboxylic acids is 1. The van der Waals surface area contributed by atoms with Gasteiger partial charge in [0.25, 0.3) is 11.5 Å². The first-order valence-electron chi connectivity index (χ1n) is 9.49. The summed E-state index contributed by atoms with van der Waals surface area (Å²) in [6, 6.07) is 16.5. The Morgan fingerprint density at radius 2 is 2.00 bits per heavy atom. The van der Waals surface area contributed by atoms with Gasteiger partial charge in [-0.1, -0.05) is 24.3 Å². The van der Waals surface area contributed by atoms with Crippen molar-refractivity contribution in [1.82, 2.24) is 25.0 Å². The number of nitrogens with one attached hydrogen (secondary N) is 2. The Bertz CT molecular complexity index is 981. The average molecular weight is 377 g/mol. The van der Waals surface area contributed by atoms with Gasteiger partial charge in [0.05, 0.1) is 11.4 Å². The molecule has 1 aliphatic heterocycles. The minimum Gasteiger partial charge on any atom is -0.347 e. The van der Waals surface area contributed by atoms with Crippen LogP contribution in [0.2, 0.25) is 0 Å². The number of aromatic nitrogens is 3. The predicted octanol–water partition coefficient (Wildman–Crippen LogP) is 1.95. The van der Waals surface area contributed by atoms with E-state index in [0.29, 0.717) is 5.69 Å². The normalized spacial score (nSPS) is 17.4. The van der Waals surface area contributed by atoms with E-state index in [4.69, 9.17) is 0 Å². The molecule has 0 aliphatic carbocycles. The van der Waals surface area contributed by atoms with Crippen LogP contribution in [0.25, 0.3) is 5.69 Å². The Morgan fingerprint density at radius 1 is 1.18 bits per heavy atom. The van der Waals surface area contributed by atoms with E-state index in [1.54, 1.807) is 6.20 Å². The molecule has 0 spiro atoms. The zero-order valence-corrected chi connectivity index (χ0v) is 15.5. The van der Waals surface area contributed by atoms with Crippen LogP contribution in [0.4, 0.5) is 0 Å². The van der Waals surface area contributed by atoms with Crippen LogP contribution in [0.15, 0.2) is 65.6 Å². The number of para-hydroxylation sites is 1. The van der Waals surface area contributed by atoms with Crippen molar-refractivity contribution in [2.75, 3.05) is 13.1 Å². The van der Waals surface area contributed by atoms with Gasteiger partial charge in [0, 0.05) is 31.4 Å². The number of piperidine rings is 1. The predicted molar refractivity (Wildman–Crippen MR) is 106 cm³/mol. The molecule has 3 aromatic rings. The Balaban J connectivity index is 1.40. The molecule has 2 N–H and O–H groups in total. The van der Waals surface area contributed by atoms with Crippen LogP contribution in [0.1, 0.15) is 29.0 Å². The monoisotopic (exact) mass is 377 g/mol. The maximum atomic E-state index is 12.6. The van der Waals surface area contributed by atoms with Gasteiger partial charge in [-0.15, -0.1) is 0 Å². The molecular formula is C21H23N5O2. The van der Waals surface area contributed by atoms with Crippen LogP contribution < -0.4 is 10.9 Å². The van der Waals surface area contributed by atoms with Crippen molar-refractivity contribution in [3.8, 4) is 5.69 Å². The van der Waals surface area contributed by atoms with Crippen LogP contribution in [0.3, 0.4) is 0 Å². The summed E-state index contributed by atoms with van der Waals surface area (Å²) in [5, 5.41) is 5.97. The van der Waals surface area contributed by atoms with Gasteiger partial charge in [0.15, 0.2) is 0 Å². The van der Waals surface area contributed by atoms with E-state index >= 15 is 0 Å². The lowest BCUT2D eigenvalue weighted by Gasteiger charge is -2.32. The summed E-state index contributed by atoms with van der Waals surface area (Å²) in [6.07, 6.45) is 3.74. The topological polar surface area (TPSA) is 83.0 Å². The number of rotatable bonds is 5. The van der Waals surface area contributed by atoms with Crippen LogP contribution in [0, 0.1) is 0 Å². The van der Waals surface area contributed by atoms with E-state index < -0.39 is 0 Å². The van der Waals surface area contributed by atoms with E-state index in [9.17, 15) is 9.59 Å². The molecule has 1 aliphatic rings. The second-order valence-electron chi connectivity index (χ2n) is 7.05. The number of pyridine rings is 1. The summed E-state index contributed by atoms with van der Waals surface area (Å²) in [5.41, 5.74) is 1.75. The first kappa shape index (κ1) is 18.2. The minimum atomic E-state index is -0.253. The Kier molecular flexibility index (Phi) is 5.34. The SMILES string of the molecule is O=C(N[C@@H]1CCCN(Cc2ccccn2)C1)c1cc(=O)n(-c2ccccc2)[nH]1. The molecular weight excluding hydrogens is 354 g/mol. The fourth-order valence-electron chi connectivity index (χ4n) is 3.58. The molecule has 144 valence electrons. The van der Waals surface area contributed by atoms with E-state index in [2.05, 4.69) is 20.3 Å². The molecule has 4 rings (SSSR count). The Morgan fingerprint density at radius 3 is 2.79 bits per heavy atom. The number of benzene rings is 1. The molecule has 7 heteroatoms. The standard InChI is InChI=1S/C21H23N5O2/c27-20-13-19(24-26(20)18-9-2-1-3-10-18)21(28)23-17-8-6-12-25(15-17)14-16-7-4-5-11-22-16/h1-5,7,9-11,13,17,24H,6,8,12,14-15H2,(H,23,28)/t17-/m1/s1. The third-order valence-electron chi connectivity index (χ3n) is 4.93. The van der Waals surface area contributed by atoms with Crippen LogP contribution >= 0.6 is 0 Å². The third-order valence-corrected chi connectivity index (χ3v) is 4.93. The van der Waals surface area contributed by atoms with Gasteiger partial charge in [-0.05, 0) is 43.7 Å². The van der Waals surface area contributed by atoms with Gasteiger partial charge in [-0.2, -0.15) is 0 Å². The second-order valence-corrected chi connectivity index (χ2v) is 7.05. The van der Waals surface area contributed by atoms with Crippen molar-refractivity contribution in [2.24, 2.45) is 0 Å². The zero-order chi connectivity index (χ0) is 19.3. The lowest BCUT2D eigenvalue weighted by atomic mass is 10.1. The molecule has 0 unspecified atom stereocenters. The van der Waals surface area contributed by atoms with E-state index in [1.807, 2.05) is 48.5 Å². The summed E-state index contributed by atoms with van der Waals surface area (Å²) in [5.74, 6) is -0.253. The van der Waals surface area contributed by atoms with Crippen molar-refractivity contribution in [2.45, 2.75) is 25.4 Å². The summed E-state index contributed by atoms with van der Waals surface area (Å²) in [4.78, 5) is 31.6. The lowest BCUT2D eigenvalue weighted by Crippen LogP contribution is -2.47. The first-order chi connectivity index (χ1) is 13.7. The van der Waals surface area contributed by atoms with Crippen LogP contribution in [-0.2, 0) is 6.54 Å². The average Bonchev–Trinajstić information content (AvgIpc) is 3.12. The highest BCUT2D eigenvalue weighted by molar-refractivity contribution is 5.92. The summed E-state index contributed by atoms with van der Waals surface area (Å²) in [7, 11) is 0. The molecule has 0 saturated carbocycles. The highest BCUT2D eigenvalue weighted by Crippen LogP contribution is 2.13. The summed E-state index contributed by atoms with van der Waals surface area (Å²) < 4.78 is 1.38. The first-order valence-corrected chi connectivity index (χ1v) is 9.49. The minimum absolute atomic E-state index is 0.0496. The van der Waals surface area contributed by atoms with Gasteiger partial charge in [0.1, 0.15) is 5.69 Å². The molecule has 0 bridgehead atoms. The van der Waals surface area contributed by atoms with Gasteiger partial charge >= 0.3 is 0 Å². The number of likely N-dealkylation sites (tertiary alicyclic amines) is 1. The molecule has 2 aromatic heterocycles. The highest BCUT2D eigenvalue weighted by atomic mass is 16.2. The number of H-pyrrole nitrogens is 1. The molecule has 1 fully saturated rings. The summed E-state index contributed by atoms with van der Waals surface area (Å²) in [6.45, 7) is 2.53.